The number of benzene rings is 1. The topological polar surface area (TPSA) is 135 Å². The number of carbonyl (C=O) groups is 4. The zero-order chi connectivity index (χ0) is 33.7. The van der Waals surface area contributed by atoms with E-state index in [9.17, 15) is 24.3 Å². The number of cyclic esters (lactones) is 1. The molecule has 0 spiro atoms. The van der Waals surface area contributed by atoms with Gasteiger partial charge in [0.05, 0.1) is 37.4 Å². The lowest BCUT2D eigenvalue weighted by molar-refractivity contribution is -0.270. The first-order valence-corrected chi connectivity index (χ1v) is 16.9. The molecule has 4 aliphatic carbocycles. The minimum absolute atomic E-state index is 0.0608. The van der Waals surface area contributed by atoms with Gasteiger partial charge >= 0.3 is 23.9 Å². The van der Waals surface area contributed by atoms with Gasteiger partial charge in [0, 0.05) is 53.8 Å². The number of aliphatic hydroxyl groups is 1. The second-order valence-electron chi connectivity index (χ2n) is 15.7. The zero-order valence-corrected chi connectivity index (χ0v) is 28.0. The molecule has 0 radical (unpaired) electrons. The van der Waals surface area contributed by atoms with Crippen LogP contribution in [0, 0.1) is 45.3 Å². The van der Waals surface area contributed by atoms with Crippen LogP contribution in [0.25, 0.3) is 0 Å². The van der Waals surface area contributed by atoms with Gasteiger partial charge in [-0.3, -0.25) is 14.4 Å². The van der Waals surface area contributed by atoms with E-state index in [0.29, 0.717) is 25.0 Å². The summed E-state index contributed by atoms with van der Waals surface area (Å²) in [6.45, 7) is 11.7. The monoisotopic (exact) mass is 650 g/mol. The van der Waals surface area contributed by atoms with Crippen molar-refractivity contribution < 1.29 is 48.0 Å². The maximum atomic E-state index is 14.0. The molecule has 6 aliphatic rings. The van der Waals surface area contributed by atoms with E-state index in [-0.39, 0.29) is 49.1 Å². The van der Waals surface area contributed by atoms with Gasteiger partial charge in [-0.2, -0.15) is 0 Å². The standard InChI is InChI=1S/C37H46O10/c1-19(38)45-27-15-25-36(5,24-13-12-23(35(24,27)4)22-14-29(41)43-17-22)32(47-33(42)21-10-8-7-9-11-21)30-31-34(3,18-44-30)26(40)16-28(37(25,31)6)46-20(2)39/h7-11,13,22-23,25-28,30-32,40H,12,14-18H2,1-6H3/t22?,23-,25-,26+,27-,28-,30+,31-,32+,34+,35-,36-,37-/m0/s1. The third kappa shape index (κ3) is 4.42. The van der Waals surface area contributed by atoms with Crippen LogP contribution < -0.4 is 0 Å². The van der Waals surface area contributed by atoms with Gasteiger partial charge in [0.15, 0.2) is 0 Å². The number of carbonyl (C=O) groups excluding carboxylic acids is 4. The number of hydrogen-bond acceptors (Lipinski definition) is 10. The van der Waals surface area contributed by atoms with Crippen molar-refractivity contribution in [1.82, 2.24) is 0 Å². The van der Waals surface area contributed by atoms with E-state index in [0.717, 1.165) is 5.57 Å². The van der Waals surface area contributed by atoms with Crippen LogP contribution in [0.4, 0.5) is 0 Å². The molecular formula is C37H46O10. The Morgan fingerprint density at radius 3 is 2.23 bits per heavy atom. The number of hydrogen-bond donors (Lipinski definition) is 1. The summed E-state index contributed by atoms with van der Waals surface area (Å²) in [5.74, 6) is -2.34. The lowest BCUT2D eigenvalue weighted by Gasteiger charge is -2.70. The number of fused-ring (bicyclic) bond motifs is 4. The predicted molar refractivity (Wildman–Crippen MR) is 166 cm³/mol. The fourth-order valence-corrected chi connectivity index (χ4v) is 11.6. The first-order valence-electron chi connectivity index (χ1n) is 16.9. The highest BCUT2D eigenvalue weighted by Crippen LogP contribution is 2.76. The van der Waals surface area contributed by atoms with E-state index in [2.05, 4.69) is 26.8 Å². The van der Waals surface area contributed by atoms with Crippen molar-refractivity contribution in [2.45, 2.75) is 97.7 Å². The summed E-state index contributed by atoms with van der Waals surface area (Å²) in [4.78, 5) is 51.7. The average molecular weight is 651 g/mol. The van der Waals surface area contributed by atoms with Crippen LogP contribution in [0.5, 0.6) is 0 Å². The molecular weight excluding hydrogens is 604 g/mol. The second-order valence-corrected chi connectivity index (χ2v) is 15.7. The number of ether oxygens (including phenoxy) is 5. The van der Waals surface area contributed by atoms with Crippen LogP contribution in [0.1, 0.15) is 77.6 Å². The Kier molecular flexibility index (Phi) is 7.49. The van der Waals surface area contributed by atoms with Crippen molar-refractivity contribution in [2.24, 2.45) is 45.3 Å². The van der Waals surface area contributed by atoms with Crippen molar-refractivity contribution in [3.05, 3.63) is 47.5 Å². The first-order chi connectivity index (χ1) is 22.2. The van der Waals surface area contributed by atoms with E-state index < -0.39 is 70.1 Å². The highest BCUT2D eigenvalue weighted by atomic mass is 16.6. The fourth-order valence-electron chi connectivity index (χ4n) is 11.6. The quantitative estimate of drug-likeness (QED) is 0.277. The molecule has 5 fully saturated rings. The first kappa shape index (κ1) is 32.3. The molecule has 1 unspecified atom stereocenters. The molecule has 10 nitrogen and oxygen atoms in total. The molecule has 13 atom stereocenters. The van der Waals surface area contributed by atoms with Gasteiger partial charge in [0.1, 0.15) is 18.3 Å². The Hall–Kier alpha value is -3.24. The van der Waals surface area contributed by atoms with Crippen LogP contribution >= 0.6 is 0 Å². The van der Waals surface area contributed by atoms with Gasteiger partial charge in [-0.15, -0.1) is 0 Å². The number of rotatable bonds is 5. The Morgan fingerprint density at radius 1 is 0.915 bits per heavy atom. The molecule has 1 aromatic carbocycles. The molecule has 2 heterocycles. The number of aliphatic hydroxyl groups excluding tert-OH is 1. The molecule has 10 heteroatoms. The SMILES string of the molecule is CC(=O)O[C@H]1C[C@H]2[C@](C)(C3=CC[C@@H](C4COC(=O)C4)[C@@]31C)[C@H](OC(=O)c1ccccc1)[C@@H]1OC[C@]3(C)[C@H](O)C[C@H](OC(C)=O)[C@@]2(C)[C@@H]13. The van der Waals surface area contributed by atoms with Gasteiger partial charge in [-0.25, -0.2) is 4.79 Å². The van der Waals surface area contributed by atoms with Crippen LogP contribution in [0.15, 0.2) is 42.0 Å². The van der Waals surface area contributed by atoms with Gasteiger partial charge in [0.25, 0.3) is 0 Å². The summed E-state index contributed by atoms with van der Waals surface area (Å²) in [6, 6.07) is 8.87. The van der Waals surface area contributed by atoms with Crippen LogP contribution in [0.2, 0.25) is 0 Å². The molecule has 0 bridgehead atoms. The van der Waals surface area contributed by atoms with E-state index >= 15 is 0 Å². The molecule has 7 rings (SSSR count). The number of esters is 4. The van der Waals surface area contributed by atoms with Crippen LogP contribution in [-0.4, -0.2) is 72.7 Å². The maximum absolute atomic E-state index is 14.0. The molecule has 3 saturated carbocycles. The van der Waals surface area contributed by atoms with Gasteiger partial charge < -0.3 is 28.8 Å². The summed E-state index contributed by atoms with van der Waals surface area (Å²) in [5, 5.41) is 11.6. The van der Waals surface area contributed by atoms with Crippen LogP contribution in [-0.2, 0) is 38.1 Å². The summed E-state index contributed by atoms with van der Waals surface area (Å²) >= 11 is 0. The van der Waals surface area contributed by atoms with Gasteiger partial charge in [0.2, 0.25) is 0 Å². The minimum Gasteiger partial charge on any atom is -0.465 e. The zero-order valence-electron chi connectivity index (χ0n) is 28.0. The highest BCUT2D eigenvalue weighted by Gasteiger charge is 2.79. The molecule has 0 aromatic heterocycles. The van der Waals surface area contributed by atoms with Crippen molar-refractivity contribution in [3.8, 4) is 0 Å². The van der Waals surface area contributed by atoms with Gasteiger partial charge in [-0.1, -0.05) is 57.5 Å². The van der Waals surface area contributed by atoms with Gasteiger partial charge in [-0.05, 0) is 36.8 Å². The molecule has 47 heavy (non-hydrogen) atoms. The largest absolute Gasteiger partial charge is 0.465 e. The lowest BCUT2D eigenvalue weighted by atomic mass is 9.35. The average Bonchev–Trinajstić information content (AvgIpc) is 3.71. The molecule has 2 aliphatic heterocycles. The Bertz CT molecular complexity index is 1520. The normalized spacial score (nSPS) is 46.3. The third-order valence-electron chi connectivity index (χ3n) is 13.5. The van der Waals surface area contributed by atoms with Crippen molar-refractivity contribution in [1.29, 1.82) is 0 Å². The van der Waals surface area contributed by atoms with E-state index in [1.165, 1.54) is 13.8 Å². The Balaban J connectivity index is 1.43. The maximum Gasteiger partial charge on any atom is 0.338 e. The summed E-state index contributed by atoms with van der Waals surface area (Å²) in [5.41, 5.74) is -1.59. The molecule has 254 valence electrons. The van der Waals surface area contributed by atoms with E-state index in [1.54, 1.807) is 24.3 Å². The summed E-state index contributed by atoms with van der Waals surface area (Å²) in [6.07, 6.45) is 0.347. The highest BCUT2D eigenvalue weighted by molar-refractivity contribution is 5.89. The van der Waals surface area contributed by atoms with Crippen LogP contribution in [0.3, 0.4) is 0 Å². The smallest absolute Gasteiger partial charge is 0.338 e. The second kappa shape index (κ2) is 10.9. The van der Waals surface area contributed by atoms with Crippen molar-refractivity contribution in [2.75, 3.05) is 13.2 Å². The molecule has 0 amide bonds. The van der Waals surface area contributed by atoms with E-state index in [1.807, 2.05) is 13.0 Å². The molecule has 1 aromatic rings. The fraction of sp³-hybridized carbons (Fsp3) is 0.676. The minimum atomic E-state index is -0.851. The van der Waals surface area contributed by atoms with Crippen molar-refractivity contribution in [3.63, 3.8) is 0 Å². The van der Waals surface area contributed by atoms with Crippen molar-refractivity contribution >= 4 is 23.9 Å². The Labute approximate surface area is 275 Å². The predicted octanol–water partition coefficient (Wildman–Crippen LogP) is 4.42. The third-order valence-corrected chi connectivity index (χ3v) is 13.5. The van der Waals surface area contributed by atoms with E-state index in [4.69, 9.17) is 23.7 Å². The molecule has 2 saturated heterocycles. The summed E-state index contributed by atoms with van der Waals surface area (Å²) in [7, 11) is 0. The summed E-state index contributed by atoms with van der Waals surface area (Å²) < 4.78 is 31.1. The number of allylic oxidation sites excluding steroid dienone is 1. The Morgan fingerprint density at radius 2 is 1.60 bits per heavy atom. The molecule has 1 N–H and O–H groups in total. The lowest BCUT2D eigenvalue weighted by Crippen LogP contribution is -2.74.